The molecule has 1 N–H and O–H groups in total. The van der Waals surface area contributed by atoms with Crippen LogP contribution in [0, 0.1) is 17.2 Å². The van der Waals surface area contributed by atoms with E-state index in [9.17, 15) is 8.42 Å². The molecule has 1 aliphatic carbocycles. The molecule has 0 heterocycles. The summed E-state index contributed by atoms with van der Waals surface area (Å²) >= 11 is 5.36. The average molecular weight is 237 g/mol. The predicted octanol–water partition coefficient (Wildman–Crippen LogP) is 0.837. The maximum absolute atomic E-state index is 11.3. The van der Waals surface area contributed by atoms with E-state index in [0.717, 1.165) is 19.3 Å². The fraction of sp³-hybridized carbons (Fsp3) is 0.875. The molecule has 0 aromatic rings. The van der Waals surface area contributed by atoms with E-state index in [4.69, 9.17) is 16.9 Å². The second-order valence-electron chi connectivity index (χ2n) is 3.40. The highest BCUT2D eigenvalue weighted by Gasteiger charge is 2.30. The Hall–Kier alpha value is -0.310. The maximum Gasteiger partial charge on any atom is 0.213 e. The van der Waals surface area contributed by atoms with Gasteiger partial charge in [0.15, 0.2) is 0 Å². The zero-order valence-electron chi connectivity index (χ0n) is 7.74. The molecule has 0 amide bonds. The normalized spacial score (nSPS) is 27.4. The summed E-state index contributed by atoms with van der Waals surface area (Å²) in [6.45, 7) is 0. The summed E-state index contributed by atoms with van der Waals surface area (Å²) in [5.74, 6) is -0.178. The van der Waals surface area contributed by atoms with Crippen molar-refractivity contribution in [1.82, 2.24) is 4.72 Å². The van der Waals surface area contributed by atoms with Gasteiger partial charge in [0.25, 0.3) is 0 Å². The van der Waals surface area contributed by atoms with E-state index in [0.29, 0.717) is 0 Å². The first-order valence-corrected chi connectivity index (χ1v) is 6.73. The third kappa shape index (κ3) is 3.12. The molecule has 6 heteroatoms. The summed E-state index contributed by atoms with van der Waals surface area (Å²) in [5.41, 5.74) is 0. The molecule has 0 saturated heterocycles. The molecule has 0 aromatic heterocycles. The van der Waals surface area contributed by atoms with Gasteiger partial charge in [-0.3, -0.25) is 0 Å². The van der Waals surface area contributed by atoms with E-state index < -0.39 is 10.0 Å². The topological polar surface area (TPSA) is 70.0 Å². The molecule has 2 unspecified atom stereocenters. The first kappa shape index (κ1) is 11.8. The quantitative estimate of drug-likeness (QED) is 0.736. The molecule has 1 fully saturated rings. The lowest BCUT2D eigenvalue weighted by atomic mass is 10.1. The van der Waals surface area contributed by atoms with Gasteiger partial charge in [0, 0.05) is 11.9 Å². The molecular formula is C8H13ClN2O2S. The van der Waals surface area contributed by atoms with E-state index in [1.165, 1.54) is 0 Å². The molecule has 0 aromatic carbocycles. The fourth-order valence-corrected chi connectivity index (χ4v) is 3.32. The Bertz CT molecular complexity index is 323. The van der Waals surface area contributed by atoms with E-state index in [-0.39, 0.29) is 23.6 Å². The second kappa shape index (κ2) is 4.96. The SMILES string of the molecule is N#CC1CCCC1NS(=O)(=O)CCCl. The van der Waals surface area contributed by atoms with Crippen LogP contribution >= 0.6 is 11.6 Å². The Balaban J connectivity index is 2.56. The van der Waals surface area contributed by atoms with Gasteiger partial charge in [0.05, 0.1) is 17.7 Å². The molecule has 1 rings (SSSR count). The van der Waals surface area contributed by atoms with Crippen molar-refractivity contribution in [1.29, 1.82) is 5.26 Å². The van der Waals surface area contributed by atoms with Crippen LogP contribution in [0.4, 0.5) is 0 Å². The number of nitriles is 1. The number of sulfonamides is 1. The van der Waals surface area contributed by atoms with Gasteiger partial charge < -0.3 is 0 Å². The molecule has 0 bridgehead atoms. The zero-order valence-corrected chi connectivity index (χ0v) is 9.31. The Kier molecular flexibility index (Phi) is 4.17. The number of halogens is 1. The van der Waals surface area contributed by atoms with Crippen molar-refractivity contribution in [2.45, 2.75) is 25.3 Å². The molecule has 0 aliphatic heterocycles. The lowest BCUT2D eigenvalue weighted by Gasteiger charge is -2.14. The van der Waals surface area contributed by atoms with Crippen LogP contribution in [0.25, 0.3) is 0 Å². The minimum atomic E-state index is -3.29. The summed E-state index contributed by atoms with van der Waals surface area (Å²) < 4.78 is 25.2. The number of nitrogens with zero attached hydrogens (tertiary/aromatic N) is 1. The lowest BCUT2D eigenvalue weighted by Crippen LogP contribution is -2.38. The highest BCUT2D eigenvalue weighted by atomic mass is 35.5. The van der Waals surface area contributed by atoms with Gasteiger partial charge >= 0.3 is 0 Å². The van der Waals surface area contributed by atoms with Crippen molar-refractivity contribution >= 4 is 21.6 Å². The van der Waals surface area contributed by atoms with E-state index in [2.05, 4.69) is 10.8 Å². The Morgan fingerprint density at radius 2 is 2.21 bits per heavy atom. The third-order valence-corrected chi connectivity index (χ3v) is 4.18. The first-order valence-electron chi connectivity index (χ1n) is 4.54. The van der Waals surface area contributed by atoms with Gasteiger partial charge in [-0.1, -0.05) is 6.42 Å². The number of hydrogen-bond donors (Lipinski definition) is 1. The van der Waals surface area contributed by atoms with Crippen molar-refractivity contribution in [3.8, 4) is 6.07 Å². The van der Waals surface area contributed by atoms with Gasteiger partial charge in [-0.2, -0.15) is 5.26 Å². The predicted molar refractivity (Wildman–Crippen MR) is 54.4 cm³/mol. The summed E-state index contributed by atoms with van der Waals surface area (Å²) in [6.07, 6.45) is 2.44. The summed E-state index contributed by atoms with van der Waals surface area (Å²) in [6, 6.07) is 1.90. The molecular weight excluding hydrogens is 224 g/mol. The van der Waals surface area contributed by atoms with Gasteiger partial charge in [-0.05, 0) is 12.8 Å². The standard InChI is InChI=1S/C8H13ClN2O2S/c9-4-5-14(12,13)11-8-3-1-2-7(8)6-10/h7-8,11H,1-5H2. The van der Waals surface area contributed by atoms with Crippen LogP contribution in [0.2, 0.25) is 0 Å². The van der Waals surface area contributed by atoms with Crippen LogP contribution in [0.5, 0.6) is 0 Å². The van der Waals surface area contributed by atoms with Crippen LogP contribution < -0.4 is 4.72 Å². The minimum Gasteiger partial charge on any atom is -0.212 e. The molecule has 0 radical (unpaired) electrons. The van der Waals surface area contributed by atoms with Crippen LogP contribution in [-0.2, 0) is 10.0 Å². The zero-order chi connectivity index (χ0) is 10.6. The van der Waals surface area contributed by atoms with Crippen molar-refractivity contribution in [3.63, 3.8) is 0 Å². The molecule has 1 saturated carbocycles. The monoisotopic (exact) mass is 236 g/mol. The molecule has 0 spiro atoms. The lowest BCUT2D eigenvalue weighted by molar-refractivity contribution is 0.516. The fourth-order valence-electron chi connectivity index (χ4n) is 1.65. The second-order valence-corrected chi connectivity index (χ2v) is 5.65. The number of rotatable bonds is 4. The molecule has 14 heavy (non-hydrogen) atoms. The maximum atomic E-state index is 11.3. The molecule has 1 aliphatic rings. The van der Waals surface area contributed by atoms with Crippen LogP contribution in [-0.4, -0.2) is 26.1 Å². The Labute approximate surface area is 89.3 Å². The van der Waals surface area contributed by atoms with Gasteiger partial charge in [-0.15, -0.1) is 11.6 Å². The Morgan fingerprint density at radius 1 is 1.50 bits per heavy atom. The highest BCUT2D eigenvalue weighted by molar-refractivity contribution is 7.89. The largest absolute Gasteiger partial charge is 0.213 e. The van der Waals surface area contributed by atoms with Crippen molar-refractivity contribution in [3.05, 3.63) is 0 Å². The smallest absolute Gasteiger partial charge is 0.212 e. The van der Waals surface area contributed by atoms with Crippen molar-refractivity contribution in [2.24, 2.45) is 5.92 Å². The highest BCUT2D eigenvalue weighted by Crippen LogP contribution is 2.25. The van der Waals surface area contributed by atoms with Crippen LogP contribution in [0.1, 0.15) is 19.3 Å². The third-order valence-electron chi connectivity index (χ3n) is 2.36. The van der Waals surface area contributed by atoms with Gasteiger partial charge in [0.1, 0.15) is 0 Å². The average Bonchev–Trinajstić information content (AvgIpc) is 2.50. The molecule has 4 nitrogen and oxygen atoms in total. The first-order chi connectivity index (χ1) is 6.59. The van der Waals surface area contributed by atoms with E-state index in [1.54, 1.807) is 0 Å². The summed E-state index contributed by atoms with van der Waals surface area (Å²) in [7, 11) is -3.29. The molecule has 2 atom stereocenters. The Morgan fingerprint density at radius 3 is 2.79 bits per heavy atom. The van der Waals surface area contributed by atoms with Gasteiger partial charge in [-0.25, -0.2) is 13.1 Å². The van der Waals surface area contributed by atoms with E-state index in [1.807, 2.05) is 0 Å². The minimum absolute atomic E-state index is 0.0802. The van der Waals surface area contributed by atoms with Gasteiger partial charge in [0.2, 0.25) is 10.0 Å². The number of nitrogens with one attached hydrogen (secondary N) is 1. The van der Waals surface area contributed by atoms with Crippen molar-refractivity contribution in [2.75, 3.05) is 11.6 Å². The molecule has 80 valence electrons. The summed E-state index contributed by atoms with van der Waals surface area (Å²) in [4.78, 5) is 0. The van der Waals surface area contributed by atoms with Crippen LogP contribution in [0.15, 0.2) is 0 Å². The number of alkyl halides is 1. The van der Waals surface area contributed by atoms with Crippen LogP contribution in [0.3, 0.4) is 0 Å². The summed E-state index contributed by atoms with van der Waals surface area (Å²) in [5, 5.41) is 8.75. The van der Waals surface area contributed by atoms with E-state index >= 15 is 0 Å². The number of hydrogen-bond acceptors (Lipinski definition) is 3. The van der Waals surface area contributed by atoms with Crippen molar-refractivity contribution < 1.29 is 8.42 Å².